The predicted molar refractivity (Wildman–Crippen MR) is 86.1 cm³/mol. The van der Waals surface area contributed by atoms with Crippen molar-refractivity contribution in [3.05, 3.63) is 64.7 Å². The number of halogens is 1. The Kier molecular flexibility index (Phi) is 5.34. The van der Waals surface area contributed by atoms with Crippen molar-refractivity contribution in [1.82, 2.24) is 0 Å². The Balaban J connectivity index is 1.96. The van der Waals surface area contributed by atoms with Crippen LogP contribution in [0.5, 0.6) is 0 Å². The Bertz CT molecular complexity index is 766. The second kappa shape index (κ2) is 7.43. The Morgan fingerprint density at radius 2 is 1.91 bits per heavy atom. The number of anilines is 1. The van der Waals surface area contributed by atoms with Crippen LogP contribution >= 0.6 is 11.6 Å². The molecule has 23 heavy (non-hydrogen) atoms. The highest BCUT2D eigenvalue weighted by Crippen LogP contribution is 2.13. The molecule has 6 heteroatoms. The maximum absolute atomic E-state index is 12.0. The molecule has 0 saturated heterocycles. The summed E-state index contributed by atoms with van der Waals surface area (Å²) >= 11 is 5.81. The third-order valence-corrected chi connectivity index (χ3v) is 3.23. The molecule has 2 aromatic carbocycles. The van der Waals surface area contributed by atoms with Crippen LogP contribution in [0, 0.1) is 11.3 Å². The van der Waals surface area contributed by atoms with E-state index >= 15 is 0 Å². The molecular weight excluding hydrogens is 316 g/mol. The standard InChI is InChI=1S/C17H13ClN2O3/c1-11(23-17(22)13-3-2-4-14(18)9-13)16(21)20-15-7-5-12(10-19)6-8-15/h2-9,11H,1H3,(H,20,21)/t11-/m0/s1. The number of nitriles is 1. The van der Waals surface area contributed by atoms with Crippen LogP contribution < -0.4 is 5.32 Å². The number of nitrogens with zero attached hydrogens (tertiary/aromatic N) is 1. The summed E-state index contributed by atoms with van der Waals surface area (Å²) < 4.78 is 5.11. The highest BCUT2D eigenvalue weighted by atomic mass is 35.5. The summed E-state index contributed by atoms with van der Waals surface area (Å²) in [6.07, 6.45) is -0.975. The van der Waals surface area contributed by atoms with Crippen LogP contribution in [0.1, 0.15) is 22.8 Å². The first-order valence-corrected chi connectivity index (χ1v) is 7.15. The first-order chi connectivity index (χ1) is 11.0. The quantitative estimate of drug-likeness (QED) is 0.872. The van der Waals surface area contributed by atoms with Gasteiger partial charge in [-0.25, -0.2) is 4.79 Å². The van der Waals surface area contributed by atoms with Gasteiger partial charge in [-0.15, -0.1) is 0 Å². The molecular formula is C17H13ClN2O3. The Labute approximate surface area is 138 Å². The number of rotatable bonds is 4. The molecule has 2 rings (SSSR count). The topological polar surface area (TPSA) is 79.2 Å². The molecule has 0 spiro atoms. The fourth-order valence-electron chi connectivity index (χ4n) is 1.77. The van der Waals surface area contributed by atoms with E-state index in [0.717, 1.165) is 0 Å². The normalized spacial score (nSPS) is 11.2. The molecule has 0 aliphatic carbocycles. The predicted octanol–water partition coefficient (Wildman–Crippen LogP) is 3.40. The molecule has 2 aromatic rings. The summed E-state index contributed by atoms with van der Waals surface area (Å²) in [7, 11) is 0. The minimum atomic E-state index is -0.975. The molecule has 0 saturated carbocycles. The summed E-state index contributed by atoms with van der Waals surface area (Å²) in [6.45, 7) is 1.47. The van der Waals surface area contributed by atoms with Crippen LogP contribution in [0.4, 0.5) is 5.69 Å². The van der Waals surface area contributed by atoms with Gasteiger partial charge in [0.15, 0.2) is 6.10 Å². The maximum atomic E-state index is 12.0. The number of hydrogen-bond acceptors (Lipinski definition) is 4. The van der Waals surface area contributed by atoms with E-state index < -0.39 is 18.0 Å². The lowest BCUT2D eigenvalue weighted by Crippen LogP contribution is -2.30. The molecule has 0 aliphatic rings. The smallest absolute Gasteiger partial charge is 0.338 e. The van der Waals surface area contributed by atoms with Crippen LogP contribution in [0.3, 0.4) is 0 Å². The molecule has 1 N–H and O–H groups in total. The number of nitrogens with one attached hydrogen (secondary N) is 1. The van der Waals surface area contributed by atoms with E-state index in [0.29, 0.717) is 16.3 Å². The Morgan fingerprint density at radius 3 is 2.52 bits per heavy atom. The highest BCUT2D eigenvalue weighted by Gasteiger charge is 2.19. The zero-order valence-corrected chi connectivity index (χ0v) is 13.0. The summed E-state index contributed by atoms with van der Waals surface area (Å²) in [5.74, 6) is -1.10. The van der Waals surface area contributed by atoms with E-state index in [2.05, 4.69) is 5.32 Å². The Morgan fingerprint density at radius 1 is 1.22 bits per heavy atom. The first-order valence-electron chi connectivity index (χ1n) is 6.77. The summed E-state index contributed by atoms with van der Waals surface area (Å²) in [4.78, 5) is 24.0. The molecule has 0 aliphatic heterocycles. The Hall–Kier alpha value is -2.84. The van der Waals surface area contributed by atoms with Crippen molar-refractivity contribution in [1.29, 1.82) is 5.26 Å². The van der Waals surface area contributed by atoms with Gasteiger partial charge in [0, 0.05) is 10.7 Å². The molecule has 0 bridgehead atoms. The van der Waals surface area contributed by atoms with Crippen molar-refractivity contribution >= 4 is 29.2 Å². The third-order valence-electron chi connectivity index (χ3n) is 2.99. The van der Waals surface area contributed by atoms with Gasteiger partial charge in [0.1, 0.15) is 0 Å². The van der Waals surface area contributed by atoms with Gasteiger partial charge in [-0.3, -0.25) is 4.79 Å². The van der Waals surface area contributed by atoms with E-state index in [9.17, 15) is 9.59 Å². The van der Waals surface area contributed by atoms with Crippen molar-refractivity contribution in [2.75, 3.05) is 5.32 Å². The van der Waals surface area contributed by atoms with Gasteiger partial charge in [-0.1, -0.05) is 17.7 Å². The summed E-state index contributed by atoms with van der Waals surface area (Å²) in [5.41, 5.74) is 1.28. The molecule has 0 fully saturated rings. The van der Waals surface area contributed by atoms with E-state index in [1.54, 1.807) is 42.5 Å². The lowest BCUT2D eigenvalue weighted by Gasteiger charge is -2.13. The molecule has 1 amide bonds. The number of amides is 1. The van der Waals surface area contributed by atoms with Gasteiger partial charge < -0.3 is 10.1 Å². The van der Waals surface area contributed by atoms with Gasteiger partial charge in [0.05, 0.1) is 17.2 Å². The molecule has 5 nitrogen and oxygen atoms in total. The lowest BCUT2D eigenvalue weighted by molar-refractivity contribution is -0.123. The maximum Gasteiger partial charge on any atom is 0.338 e. The third kappa shape index (κ3) is 4.56. The van der Waals surface area contributed by atoms with Gasteiger partial charge in [-0.2, -0.15) is 5.26 Å². The van der Waals surface area contributed by atoms with Crippen LogP contribution in [0.25, 0.3) is 0 Å². The molecule has 0 radical (unpaired) electrons. The van der Waals surface area contributed by atoms with Crippen molar-refractivity contribution in [2.45, 2.75) is 13.0 Å². The molecule has 116 valence electrons. The average Bonchev–Trinajstić information content (AvgIpc) is 2.55. The fraction of sp³-hybridized carbons (Fsp3) is 0.118. The van der Waals surface area contributed by atoms with Crippen LogP contribution in [-0.2, 0) is 9.53 Å². The van der Waals surface area contributed by atoms with E-state index in [1.807, 2.05) is 6.07 Å². The second-order valence-corrected chi connectivity index (χ2v) is 5.17. The van der Waals surface area contributed by atoms with Crippen molar-refractivity contribution < 1.29 is 14.3 Å². The van der Waals surface area contributed by atoms with E-state index in [4.69, 9.17) is 21.6 Å². The van der Waals surface area contributed by atoms with Crippen molar-refractivity contribution in [3.63, 3.8) is 0 Å². The zero-order chi connectivity index (χ0) is 16.8. The monoisotopic (exact) mass is 328 g/mol. The van der Waals surface area contributed by atoms with Gasteiger partial charge >= 0.3 is 5.97 Å². The molecule has 0 aromatic heterocycles. The SMILES string of the molecule is C[C@H](OC(=O)c1cccc(Cl)c1)C(=O)Nc1ccc(C#N)cc1. The fourth-order valence-corrected chi connectivity index (χ4v) is 1.96. The molecule has 0 unspecified atom stereocenters. The number of carbonyl (C=O) groups is 2. The minimum absolute atomic E-state index is 0.274. The first kappa shape index (κ1) is 16.5. The van der Waals surface area contributed by atoms with E-state index in [1.165, 1.54) is 13.0 Å². The average molecular weight is 329 g/mol. The number of esters is 1. The number of benzene rings is 2. The van der Waals surface area contributed by atoms with Crippen LogP contribution in [-0.4, -0.2) is 18.0 Å². The summed E-state index contributed by atoms with van der Waals surface area (Å²) in [5, 5.41) is 11.7. The molecule has 1 atom stereocenters. The summed E-state index contributed by atoms with van der Waals surface area (Å²) in [6, 6.07) is 14.6. The minimum Gasteiger partial charge on any atom is -0.449 e. The zero-order valence-electron chi connectivity index (χ0n) is 12.2. The lowest BCUT2D eigenvalue weighted by atomic mass is 10.2. The van der Waals surface area contributed by atoms with Crippen molar-refractivity contribution in [2.24, 2.45) is 0 Å². The number of ether oxygens (including phenoxy) is 1. The molecule has 0 heterocycles. The van der Waals surface area contributed by atoms with Crippen molar-refractivity contribution in [3.8, 4) is 6.07 Å². The van der Waals surface area contributed by atoms with Gasteiger partial charge in [0.2, 0.25) is 0 Å². The van der Waals surface area contributed by atoms with Crippen LogP contribution in [0.15, 0.2) is 48.5 Å². The van der Waals surface area contributed by atoms with E-state index in [-0.39, 0.29) is 5.56 Å². The highest BCUT2D eigenvalue weighted by molar-refractivity contribution is 6.30. The largest absolute Gasteiger partial charge is 0.449 e. The van der Waals surface area contributed by atoms with Gasteiger partial charge in [0.25, 0.3) is 5.91 Å². The number of carbonyl (C=O) groups excluding carboxylic acids is 2. The number of hydrogen-bond donors (Lipinski definition) is 1. The van der Waals surface area contributed by atoms with Gasteiger partial charge in [-0.05, 0) is 49.4 Å². The second-order valence-electron chi connectivity index (χ2n) is 4.74. The van der Waals surface area contributed by atoms with Crippen LogP contribution in [0.2, 0.25) is 5.02 Å².